The lowest BCUT2D eigenvalue weighted by Gasteiger charge is -2.39. The van der Waals surface area contributed by atoms with Crippen molar-refractivity contribution >= 4 is 0 Å². The molecule has 2 N–H and O–H groups in total. The van der Waals surface area contributed by atoms with Crippen LogP contribution < -0.4 is 5.32 Å². The first-order valence-corrected chi connectivity index (χ1v) is 4.79. The average molecular weight is 155 g/mol. The second-order valence-corrected chi connectivity index (χ2v) is 3.86. The molecule has 2 heteroatoms. The summed E-state index contributed by atoms with van der Waals surface area (Å²) in [5, 5.41) is 13.2. The van der Waals surface area contributed by atoms with Gasteiger partial charge in [0.25, 0.3) is 0 Å². The van der Waals surface area contributed by atoms with Crippen molar-refractivity contribution in [3.63, 3.8) is 0 Å². The molecule has 1 aliphatic heterocycles. The van der Waals surface area contributed by atoms with Gasteiger partial charge in [0.05, 0.1) is 6.10 Å². The van der Waals surface area contributed by atoms with Crippen LogP contribution in [0.15, 0.2) is 0 Å². The third-order valence-corrected chi connectivity index (χ3v) is 3.15. The average Bonchev–Trinajstić information content (AvgIpc) is 2.06. The normalized spacial score (nSPS) is 45.0. The van der Waals surface area contributed by atoms with Crippen molar-refractivity contribution in [1.29, 1.82) is 0 Å². The number of aliphatic hydroxyl groups excluding tert-OH is 1. The van der Waals surface area contributed by atoms with Crippen molar-refractivity contribution in [3.8, 4) is 0 Å². The summed E-state index contributed by atoms with van der Waals surface area (Å²) in [6.07, 6.45) is 5.98. The Balaban J connectivity index is 1.99. The zero-order valence-corrected chi connectivity index (χ0v) is 6.92. The molecule has 0 bridgehead atoms. The molecule has 0 amide bonds. The summed E-state index contributed by atoms with van der Waals surface area (Å²) in [7, 11) is 0. The summed E-state index contributed by atoms with van der Waals surface area (Å²) in [5.74, 6) is 0.567. The molecule has 0 unspecified atom stereocenters. The molecule has 2 aliphatic rings. The van der Waals surface area contributed by atoms with Crippen molar-refractivity contribution in [1.82, 2.24) is 5.32 Å². The number of piperidine rings is 1. The van der Waals surface area contributed by atoms with Crippen LogP contribution in [-0.4, -0.2) is 23.8 Å². The van der Waals surface area contributed by atoms with Crippen LogP contribution in [0.3, 0.4) is 0 Å². The van der Waals surface area contributed by atoms with E-state index in [0.717, 1.165) is 13.0 Å². The Morgan fingerprint density at radius 3 is 2.82 bits per heavy atom. The minimum atomic E-state index is -0.0125. The van der Waals surface area contributed by atoms with Gasteiger partial charge in [-0.25, -0.2) is 0 Å². The van der Waals surface area contributed by atoms with Crippen LogP contribution in [-0.2, 0) is 0 Å². The molecule has 2 nitrogen and oxygen atoms in total. The number of fused-ring (bicyclic) bond motifs is 1. The molecule has 2 fully saturated rings. The van der Waals surface area contributed by atoms with E-state index in [4.69, 9.17) is 0 Å². The van der Waals surface area contributed by atoms with Gasteiger partial charge < -0.3 is 10.4 Å². The lowest BCUT2D eigenvalue weighted by Crippen LogP contribution is -2.48. The van der Waals surface area contributed by atoms with E-state index < -0.39 is 0 Å². The molecule has 1 saturated carbocycles. The Hall–Kier alpha value is -0.0800. The molecule has 0 aromatic heterocycles. The Labute approximate surface area is 68.0 Å². The van der Waals surface area contributed by atoms with E-state index in [0.29, 0.717) is 12.0 Å². The fourth-order valence-corrected chi connectivity index (χ4v) is 2.52. The molecular weight excluding hydrogens is 138 g/mol. The van der Waals surface area contributed by atoms with E-state index in [2.05, 4.69) is 5.32 Å². The highest BCUT2D eigenvalue weighted by Gasteiger charge is 2.33. The molecule has 0 aromatic carbocycles. The number of hydrogen-bond acceptors (Lipinski definition) is 2. The Morgan fingerprint density at radius 2 is 2.00 bits per heavy atom. The minimum absolute atomic E-state index is 0.0125. The van der Waals surface area contributed by atoms with Crippen LogP contribution in [0.25, 0.3) is 0 Å². The Kier molecular flexibility index (Phi) is 2.14. The van der Waals surface area contributed by atoms with E-state index in [1.807, 2.05) is 0 Å². The number of aliphatic hydroxyl groups is 1. The summed E-state index contributed by atoms with van der Waals surface area (Å²) in [5.41, 5.74) is 0. The molecule has 0 spiro atoms. The highest BCUT2D eigenvalue weighted by Crippen LogP contribution is 2.30. The van der Waals surface area contributed by atoms with Crippen LogP contribution in [0.2, 0.25) is 0 Å². The van der Waals surface area contributed by atoms with Gasteiger partial charge in [-0.15, -0.1) is 0 Å². The van der Waals surface area contributed by atoms with Crippen molar-refractivity contribution in [3.05, 3.63) is 0 Å². The molecule has 1 saturated heterocycles. The standard InChI is InChI=1S/C9H17NO/c11-9-5-1-4-8-7(9)3-2-6-10-8/h7-11H,1-6H2/t7-,8+,9-/m0/s1. The van der Waals surface area contributed by atoms with Crippen LogP contribution in [0.1, 0.15) is 32.1 Å². The number of nitrogens with one attached hydrogen (secondary N) is 1. The molecule has 2 rings (SSSR count). The molecule has 0 radical (unpaired) electrons. The van der Waals surface area contributed by atoms with Gasteiger partial charge in [0.15, 0.2) is 0 Å². The quantitative estimate of drug-likeness (QED) is 0.544. The van der Waals surface area contributed by atoms with E-state index >= 15 is 0 Å². The van der Waals surface area contributed by atoms with Crippen LogP contribution in [0.4, 0.5) is 0 Å². The lowest BCUT2D eigenvalue weighted by molar-refractivity contribution is 0.0307. The van der Waals surface area contributed by atoms with E-state index in [9.17, 15) is 5.11 Å². The summed E-state index contributed by atoms with van der Waals surface area (Å²) in [4.78, 5) is 0. The maximum Gasteiger partial charge on any atom is 0.0583 e. The zero-order valence-electron chi connectivity index (χ0n) is 6.92. The topological polar surface area (TPSA) is 32.3 Å². The van der Waals surface area contributed by atoms with Crippen molar-refractivity contribution < 1.29 is 5.11 Å². The van der Waals surface area contributed by atoms with Crippen molar-refractivity contribution in [2.75, 3.05) is 6.54 Å². The molecule has 0 aromatic rings. The molecule has 1 aliphatic carbocycles. The van der Waals surface area contributed by atoms with Gasteiger partial charge in [-0.2, -0.15) is 0 Å². The van der Waals surface area contributed by atoms with Gasteiger partial charge in [-0.1, -0.05) is 0 Å². The van der Waals surface area contributed by atoms with Crippen molar-refractivity contribution in [2.45, 2.75) is 44.2 Å². The fraction of sp³-hybridized carbons (Fsp3) is 1.00. The summed E-state index contributed by atoms with van der Waals surface area (Å²) < 4.78 is 0. The third-order valence-electron chi connectivity index (χ3n) is 3.15. The van der Waals surface area contributed by atoms with Gasteiger partial charge in [0, 0.05) is 12.0 Å². The third kappa shape index (κ3) is 1.42. The maximum atomic E-state index is 9.66. The zero-order chi connectivity index (χ0) is 7.68. The second-order valence-electron chi connectivity index (χ2n) is 3.86. The molecule has 1 heterocycles. The minimum Gasteiger partial charge on any atom is -0.393 e. The smallest absolute Gasteiger partial charge is 0.0583 e. The summed E-state index contributed by atoms with van der Waals surface area (Å²) in [6, 6.07) is 0.632. The molecular formula is C9H17NO. The predicted octanol–water partition coefficient (Wildman–Crippen LogP) is 0.899. The second kappa shape index (κ2) is 3.11. The monoisotopic (exact) mass is 155 g/mol. The summed E-state index contributed by atoms with van der Waals surface area (Å²) >= 11 is 0. The molecule has 3 atom stereocenters. The van der Waals surface area contributed by atoms with Crippen molar-refractivity contribution in [2.24, 2.45) is 5.92 Å². The van der Waals surface area contributed by atoms with Gasteiger partial charge in [0.2, 0.25) is 0 Å². The van der Waals surface area contributed by atoms with Gasteiger partial charge in [-0.3, -0.25) is 0 Å². The highest BCUT2D eigenvalue weighted by molar-refractivity contribution is 4.89. The Bertz CT molecular complexity index is 136. The number of rotatable bonds is 0. The van der Waals surface area contributed by atoms with Crippen LogP contribution in [0, 0.1) is 5.92 Å². The molecule has 64 valence electrons. The van der Waals surface area contributed by atoms with E-state index in [-0.39, 0.29) is 6.10 Å². The highest BCUT2D eigenvalue weighted by atomic mass is 16.3. The van der Waals surface area contributed by atoms with Crippen LogP contribution in [0.5, 0.6) is 0 Å². The van der Waals surface area contributed by atoms with E-state index in [1.54, 1.807) is 0 Å². The number of hydrogen-bond donors (Lipinski definition) is 2. The Morgan fingerprint density at radius 1 is 1.09 bits per heavy atom. The first-order valence-electron chi connectivity index (χ1n) is 4.79. The van der Waals surface area contributed by atoms with Gasteiger partial charge in [0.1, 0.15) is 0 Å². The predicted molar refractivity (Wildman–Crippen MR) is 44.4 cm³/mol. The van der Waals surface area contributed by atoms with Gasteiger partial charge >= 0.3 is 0 Å². The SMILES string of the molecule is O[C@H]1CCC[C@H]2NCCC[C@H]12. The molecule has 11 heavy (non-hydrogen) atoms. The van der Waals surface area contributed by atoms with Crippen LogP contribution >= 0.6 is 0 Å². The maximum absolute atomic E-state index is 9.66. The summed E-state index contributed by atoms with van der Waals surface area (Å²) in [6.45, 7) is 1.16. The van der Waals surface area contributed by atoms with Gasteiger partial charge in [-0.05, 0) is 38.6 Å². The largest absolute Gasteiger partial charge is 0.393 e. The fourth-order valence-electron chi connectivity index (χ4n) is 2.52. The van der Waals surface area contributed by atoms with E-state index in [1.165, 1.54) is 25.7 Å². The first kappa shape index (κ1) is 7.56. The lowest BCUT2D eigenvalue weighted by atomic mass is 9.77. The first-order chi connectivity index (χ1) is 5.38.